The number of carbonyl (C=O) groups is 1. The first kappa shape index (κ1) is 14.3. The van der Waals surface area contributed by atoms with Gasteiger partial charge in [-0.2, -0.15) is 0 Å². The maximum Gasteiger partial charge on any atom is 0.319 e. The second kappa shape index (κ2) is 6.01. The molecule has 1 aliphatic carbocycles. The van der Waals surface area contributed by atoms with Crippen LogP contribution in [0.4, 0.5) is 14.9 Å². The molecule has 6 heteroatoms. The summed E-state index contributed by atoms with van der Waals surface area (Å²) in [5.74, 6) is 0.348. The standard InChI is InChI=1S/C16H16FN3O2/c1-22-15-13(3-2-8-18-15)19-16(21)20-14-9-12(14)10-4-6-11(17)7-5-10/h2-8,12,14H,9H2,1H3,(H2,19,20,21)/t12-,14+/m0/s1. The van der Waals surface area contributed by atoms with E-state index in [0.29, 0.717) is 11.6 Å². The quantitative estimate of drug-likeness (QED) is 0.912. The lowest BCUT2D eigenvalue weighted by molar-refractivity contribution is 0.251. The van der Waals surface area contributed by atoms with E-state index in [1.54, 1.807) is 30.5 Å². The Kier molecular flexibility index (Phi) is 3.91. The van der Waals surface area contributed by atoms with Gasteiger partial charge in [0.2, 0.25) is 5.88 Å². The van der Waals surface area contributed by atoms with Crippen molar-refractivity contribution in [2.75, 3.05) is 12.4 Å². The molecule has 0 unspecified atom stereocenters. The van der Waals surface area contributed by atoms with Gasteiger partial charge in [0.15, 0.2) is 0 Å². The molecule has 1 fully saturated rings. The van der Waals surface area contributed by atoms with Crippen molar-refractivity contribution in [2.45, 2.75) is 18.4 Å². The van der Waals surface area contributed by atoms with Gasteiger partial charge in [0.05, 0.1) is 7.11 Å². The van der Waals surface area contributed by atoms with Crippen LogP contribution < -0.4 is 15.4 Å². The topological polar surface area (TPSA) is 63.2 Å². The number of aromatic nitrogens is 1. The molecular formula is C16H16FN3O2. The van der Waals surface area contributed by atoms with E-state index in [-0.39, 0.29) is 23.8 Å². The highest BCUT2D eigenvalue weighted by atomic mass is 19.1. The fourth-order valence-corrected chi connectivity index (χ4v) is 2.41. The lowest BCUT2D eigenvalue weighted by atomic mass is 10.1. The van der Waals surface area contributed by atoms with Crippen LogP contribution in [0.25, 0.3) is 0 Å². The molecule has 0 saturated heterocycles. The molecule has 1 aromatic heterocycles. The summed E-state index contributed by atoms with van der Waals surface area (Å²) in [6.45, 7) is 0. The molecule has 2 aromatic rings. The fourth-order valence-electron chi connectivity index (χ4n) is 2.41. The van der Waals surface area contributed by atoms with Crippen LogP contribution in [0.5, 0.6) is 5.88 Å². The van der Waals surface area contributed by atoms with E-state index in [4.69, 9.17) is 4.74 Å². The molecule has 3 rings (SSSR count). The number of benzene rings is 1. The first-order valence-electron chi connectivity index (χ1n) is 6.99. The second-order valence-electron chi connectivity index (χ2n) is 5.16. The predicted molar refractivity (Wildman–Crippen MR) is 80.5 cm³/mol. The Balaban J connectivity index is 1.56. The molecule has 1 aromatic carbocycles. The van der Waals surface area contributed by atoms with Crippen LogP contribution in [0.15, 0.2) is 42.6 Å². The summed E-state index contributed by atoms with van der Waals surface area (Å²) >= 11 is 0. The number of hydrogen-bond acceptors (Lipinski definition) is 3. The summed E-state index contributed by atoms with van der Waals surface area (Å²) in [7, 11) is 1.50. The number of amides is 2. The third-order valence-electron chi connectivity index (χ3n) is 3.62. The van der Waals surface area contributed by atoms with Gasteiger partial charge in [0.1, 0.15) is 11.5 Å². The minimum atomic E-state index is -0.305. The molecule has 2 N–H and O–H groups in total. The van der Waals surface area contributed by atoms with Gasteiger partial charge in [0.25, 0.3) is 0 Å². The van der Waals surface area contributed by atoms with Gasteiger partial charge in [-0.3, -0.25) is 0 Å². The Hall–Kier alpha value is -2.63. The van der Waals surface area contributed by atoms with Gasteiger partial charge in [0, 0.05) is 18.2 Å². The molecule has 1 heterocycles. The summed E-state index contributed by atoms with van der Waals surface area (Å²) in [6.07, 6.45) is 2.44. The predicted octanol–water partition coefficient (Wildman–Crippen LogP) is 2.91. The number of methoxy groups -OCH3 is 1. The zero-order valence-electron chi connectivity index (χ0n) is 12.0. The Bertz CT molecular complexity index is 675. The zero-order chi connectivity index (χ0) is 15.5. The monoisotopic (exact) mass is 301 g/mol. The molecule has 0 spiro atoms. The summed E-state index contributed by atoms with van der Waals surface area (Å²) in [5.41, 5.74) is 1.55. The Morgan fingerprint density at radius 2 is 2.09 bits per heavy atom. The number of urea groups is 1. The van der Waals surface area contributed by atoms with Gasteiger partial charge < -0.3 is 15.4 Å². The lowest BCUT2D eigenvalue weighted by Gasteiger charge is -2.10. The van der Waals surface area contributed by atoms with Crippen LogP contribution in [0.1, 0.15) is 17.9 Å². The van der Waals surface area contributed by atoms with Crippen LogP contribution in [-0.2, 0) is 0 Å². The number of halogens is 1. The molecule has 0 radical (unpaired) electrons. The van der Waals surface area contributed by atoms with Crippen LogP contribution >= 0.6 is 0 Å². The van der Waals surface area contributed by atoms with Crippen LogP contribution in [0.2, 0.25) is 0 Å². The van der Waals surface area contributed by atoms with E-state index >= 15 is 0 Å². The minimum absolute atomic E-state index is 0.0631. The SMILES string of the molecule is COc1ncccc1NC(=O)N[C@@H]1C[C@H]1c1ccc(F)cc1. The number of pyridine rings is 1. The molecule has 5 nitrogen and oxygen atoms in total. The van der Waals surface area contributed by atoms with Crippen molar-refractivity contribution in [1.29, 1.82) is 0 Å². The van der Waals surface area contributed by atoms with E-state index in [1.165, 1.54) is 19.2 Å². The highest BCUT2D eigenvalue weighted by Gasteiger charge is 2.39. The maximum absolute atomic E-state index is 12.9. The van der Waals surface area contributed by atoms with Gasteiger partial charge in [-0.25, -0.2) is 14.2 Å². The summed E-state index contributed by atoms with van der Waals surface area (Å²) in [5, 5.41) is 5.61. The van der Waals surface area contributed by atoms with Gasteiger partial charge in [-0.1, -0.05) is 12.1 Å². The lowest BCUT2D eigenvalue weighted by Crippen LogP contribution is -2.31. The van der Waals surface area contributed by atoms with Gasteiger partial charge in [-0.05, 0) is 36.2 Å². The van der Waals surface area contributed by atoms with Crippen molar-refractivity contribution in [3.63, 3.8) is 0 Å². The average Bonchev–Trinajstić information content (AvgIpc) is 3.27. The number of rotatable bonds is 4. The largest absolute Gasteiger partial charge is 0.480 e. The Morgan fingerprint density at radius 1 is 1.32 bits per heavy atom. The molecular weight excluding hydrogens is 285 g/mol. The van der Waals surface area contributed by atoms with E-state index in [0.717, 1.165) is 12.0 Å². The van der Waals surface area contributed by atoms with Gasteiger partial charge >= 0.3 is 6.03 Å². The van der Waals surface area contributed by atoms with Crippen molar-refractivity contribution < 1.29 is 13.9 Å². The molecule has 22 heavy (non-hydrogen) atoms. The highest BCUT2D eigenvalue weighted by molar-refractivity contribution is 5.91. The number of nitrogens with zero attached hydrogens (tertiary/aromatic N) is 1. The van der Waals surface area contributed by atoms with Crippen molar-refractivity contribution in [3.8, 4) is 5.88 Å². The second-order valence-corrected chi connectivity index (χ2v) is 5.16. The number of hydrogen-bond donors (Lipinski definition) is 2. The van der Waals surface area contributed by atoms with E-state index < -0.39 is 0 Å². The summed E-state index contributed by atoms with van der Waals surface area (Å²) < 4.78 is 18.0. The van der Waals surface area contributed by atoms with Crippen molar-refractivity contribution in [3.05, 3.63) is 54.0 Å². The molecule has 1 saturated carbocycles. The molecule has 1 aliphatic rings. The van der Waals surface area contributed by atoms with Crippen molar-refractivity contribution >= 4 is 11.7 Å². The summed E-state index contributed by atoms with van der Waals surface area (Å²) in [6, 6.07) is 9.57. The van der Waals surface area contributed by atoms with E-state index in [9.17, 15) is 9.18 Å². The number of ether oxygens (including phenoxy) is 1. The maximum atomic E-state index is 12.9. The Labute approximate surface area is 127 Å². The molecule has 2 atom stereocenters. The van der Waals surface area contributed by atoms with Crippen molar-refractivity contribution in [2.24, 2.45) is 0 Å². The minimum Gasteiger partial charge on any atom is -0.480 e. The van der Waals surface area contributed by atoms with Crippen molar-refractivity contribution in [1.82, 2.24) is 10.3 Å². The first-order valence-corrected chi connectivity index (χ1v) is 6.99. The molecule has 0 bridgehead atoms. The van der Waals surface area contributed by atoms with Crippen LogP contribution in [0, 0.1) is 5.82 Å². The first-order chi connectivity index (χ1) is 10.7. The van der Waals surface area contributed by atoms with E-state index in [2.05, 4.69) is 15.6 Å². The third kappa shape index (κ3) is 3.16. The fraction of sp³-hybridized carbons (Fsp3) is 0.250. The number of anilines is 1. The average molecular weight is 301 g/mol. The summed E-state index contributed by atoms with van der Waals surface area (Å²) in [4.78, 5) is 16.0. The third-order valence-corrected chi connectivity index (χ3v) is 3.62. The highest BCUT2D eigenvalue weighted by Crippen LogP contribution is 2.40. The van der Waals surface area contributed by atoms with Gasteiger partial charge in [-0.15, -0.1) is 0 Å². The Morgan fingerprint density at radius 3 is 2.82 bits per heavy atom. The van der Waals surface area contributed by atoms with Crippen LogP contribution in [0.3, 0.4) is 0 Å². The molecule has 114 valence electrons. The smallest absolute Gasteiger partial charge is 0.319 e. The zero-order valence-corrected chi connectivity index (χ0v) is 12.0. The molecule has 0 aliphatic heterocycles. The normalized spacial score (nSPS) is 19.4. The molecule has 2 amide bonds. The number of nitrogens with one attached hydrogen (secondary N) is 2. The number of carbonyl (C=O) groups excluding carboxylic acids is 1. The van der Waals surface area contributed by atoms with E-state index in [1.807, 2.05) is 0 Å². The van der Waals surface area contributed by atoms with Crippen LogP contribution in [-0.4, -0.2) is 24.2 Å².